The fourth-order valence-electron chi connectivity index (χ4n) is 2.02. The first-order valence-corrected chi connectivity index (χ1v) is 5.51. The molecule has 1 aromatic carbocycles. The first kappa shape index (κ1) is 10.5. The second-order valence-electron chi connectivity index (χ2n) is 4.50. The van der Waals surface area contributed by atoms with E-state index in [9.17, 15) is 0 Å². The Morgan fingerprint density at radius 3 is 2.60 bits per heavy atom. The molecule has 82 valence electrons. The lowest BCUT2D eigenvalue weighted by Crippen LogP contribution is -2.29. The first-order chi connectivity index (χ1) is 7.19. The van der Waals surface area contributed by atoms with Crippen molar-refractivity contribution in [3.8, 4) is 5.75 Å². The molecular weight excluding hydrogens is 186 g/mol. The predicted octanol–water partition coefficient (Wildman–Crippen LogP) is 2.30. The van der Waals surface area contributed by atoms with Crippen LogP contribution in [-0.4, -0.2) is 19.7 Å². The molecule has 0 atom stereocenters. The molecule has 0 spiro atoms. The van der Waals surface area contributed by atoms with Crippen LogP contribution in [0.4, 0.5) is 0 Å². The number of hydrogen-bond acceptors (Lipinski definition) is 2. The average molecular weight is 205 g/mol. The van der Waals surface area contributed by atoms with E-state index in [2.05, 4.69) is 31.4 Å². The lowest BCUT2D eigenvalue weighted by molar-refractivity contribution is 0.414. The van der Waals surface area contributed by atoms with E-state index in [1.165, 1.54) is 24.0 Å². The van der Waals surface area contributed by atoms with E-state index in [-0.39, 0.29) is 0 Å². The molecule has 1 fully saturated rings. The van der Waals surface area contributed by atoms with Gasteiger partial charge in [0.15, 0.2) is 0 Å². The summed E-state index contributed by atoms with van der Waals surface area (Å²) in [6.07, 6.45) is 3.74. The van der Waals surface area contributed by atoms with Crippen LogP contribution >= 0.6 is 0 Å². The van der Waals surface area contributed by atoms with Gasteiger partial charge in [-0.05, 0) is 56.5 Å². The normalized spacial score (nSPS) is 17.5. The van der Waals surface area contributed by atoms with Gasteiger partial charge >= 0.3 is 0 Å². The summed E-state index contributed by atoms with van der Waals surface area (Å²) in [6.45, 7) is 2.16. The van der Waals surface area contributed by atoms with Gasteiger partial charge in [-0.1, -0.05) is 6.07 Å². The third kappa shape index (κ3) is 2.15. The van der Waals surface area contributed by atoms with Crippen molar-refractivity contribution in [2.24, 2.45) is 0 Å². The van der Waals surface area contributed by atoms with Gasteiger partial charge in [0.2, 0.25) is 0 Å². The molecule has 1 aliphatic carbocycles. The van der Waals surface area contributed by atoms with Crippen molar-refractivity contribution in [3.05, 3.63) is 29.3 Å². The molecule has 1 aliphatic rings. The average Bonchev–Trinajstić information content (AvgIpc) is 3.02. The van der Waals surface area contributed by atoms with Crippen molar-refractivity contribution in [2.75, 3.05) is 14.2 Å². The van der Waals surface area contributed by atoms with Gasteiger partial charge in [0.1, 0.15) is 5.75 Å². The molecule has 0 radical (unpaired) electrons. The lowest BCUT2D eigenvalue weighted by atomic mass is 9.99. The van der Waals surface area contributed by atoms with Gasteiger partial charge in [0.25, 0.3) is 0 Å². The number of aryl methyl sites for hydroxylation is 1. The van der Waals surface area contributed by atoms with Crippen LogP contribution in [0, 0.1) is 6.92 Å². The fourth-order valence-corrected chi connectivity index (χ4v) is 2.02. The molecule has 0 amide bonds. The van der Waals surface area contributed by atoms with Crippen LogP contribution in [0.1, 0.15) is 24.0 Å². The summed E-state index contributed by atoms with van der Waals surface area (Å²) in [5.74, 6) is 0.950. The molecule has 1 aromatic rings. The van der Waals surface area contributed by atoms with E-state index in [0.717, 1.165) is 12.2 Å². The Morgan fingerprint density at radius 1 is 1.40 bits per heavy atom. The van der Waals surface area contributed by atoms with E-state index >= 15 is 0 Å². The van der Waals surface area contributed by atoms with Gasteiger partial charge in [0, 0.05) is 5.54 Å². The number of benzene rings is 1. The van der Waals surface area contributed by atoms with Crippen LogP contribution in [0.2, 0.25) is 0 Å². The summed E-state index contributed by atoms with van der Waals surface area (Å²) >= 11 is 0. The van der Waals surface area contributed by atoms with Crippen molar-refractivity contribution >= 4 is 0 Å². The van der Waals surface area contributed by atoms with Crippen molar-refractivity contribution in [2.45, 2.75) is 31.7 Å². The summed E-state index contributed by atoms with van der Waals surface area (Å²) < 4.78 is 5.21. The van der Waals surface area contributed by atoms with Crippen molar-refractivity contribution in [1.29, 1.82) is 0 Å². The zero-order chi connectivity index (χ0) is 10.9. The number of likely N-dealkylation sites (N-methyl/N-ethyl adjacent to an activating group) is 1. The third-order valence-electron chi connectivity index (χ3n) is 3.46. The Hall–Kier alpha value is -1.02. The molecule has 0 saturated heterocycles. The number of nitrogens with one attached hydrogen (secondary N) is 1. The second kappa shape index (κ2) is 3.86. The van der Waals surface area contributed by atoms with Gasteiger partial charge < -0.3 is 10.1 Å². The van der Waals surface area contributed by atoms with Crippen LogP contribution in [0.25, 0.3) is 0 Å². The van der Waals surface area contributed by atoms with E-state index in [4.69, 9.17) is 4.74 Å². The Balaban J connectivity index is 2.15. The minimum atomic E-state index is 0.388. The fraction of sp³-hybridized carbons (Fsp3) is 0.538. The molecule has 0 aliphatic heterocycles. The van der Waals surface area contributed by atoms with Crippen molar-refractivity contribution < 1.29 is 4.74 Å². The minimum absolute atomic E-state index is 0.388. The highest BCUT2D eigenvalue weighted by Gasteiger charge is 2.40. The zero-order valence-corrected chi connectivity index (χ0v) is 9.76. The van der Waals surface area contributed by atoms with Crippen LogP contribution in [0.3, 0.4) is 0 Å². The first-order valence-electron chi connectivity index (χ1n) is 5.51. The molecule has 0 bridgehead atoms. The molecule has 0 aromatic heterocycles. The molecule has 15 heavy (non-hydrogen) atoms. The topological polar surface area (TPSA) is 21.3 Å². The highest BCUT2D eigenvalue weighted by atomic mass is 16.5. The van der Waals surface area contributed by atoms with Gasteiger partial charge in [-0.2, -0.15) is 0 Å². The summed E-state index contributed by atoms with van der Waals surface area (Å²) in [4.78, 5) is 0. The van der Waals surface area contributed by atoms with Gasteiger partial charge in [0.05, 0.1) is 7.11 Å². The third-order valence-corrected chi connectivity index (χ3v) is 3.46. The molecule has 2 rings (SSSR count). The lowest BCUT2D eigenvalue weighted by Gasteiger charge is -2.16. The maximum atomic E-state index is 5.21. The SMILES string of the molecule is CNC1(Cc2ccc(OC)cc2C)CC1. The summed E-state index contributed by atoms with van der Waals surface area (Å²) in [7, 11) is 3.77. The minimum Gasteiger partial charge on any atom is -0.497 e. The van der Waals surface area contributed by atoms with Gasteiger partial charge in [-0.25, -0.2) is 0 Å². The standard InChI is InChI=1S/C13H19NO/c1-10-8-12(15-3)5-4-11(10)9-13(14-2)6-7-13/h4-5,8,14H,6-7,9H2,1-3H3. The van der Waals surface area contributed by atoms with E-state index < -0.39 is 0 Å². The number of ether oxygens (including phenoxy) is 1. The molecule has 2 heteroatoms. The van der Waals surface area contributed by atoms with Crippen molar-refractivity contribution in [1.82, 2.24) is 5.32 Å². The Labute approximate surface area is 91.6 Å². The Bertz CT molecular complexity index is 356. The maximum Gasteiger partial charge on any atom is 0.119 e. The predicted molar refractivity (Wildman–Crippen MR) is 62.5 cm³/mol. The van der Waals surface area contributed by atoms with Crippen molar-refractivity contribution in [3.63, 3.8) is 0 Å². The smallest absolute Gasteiger partial charge is 0.119 e. The maximum absolute atomic E-state index is 5.21. The van der Waals surface area contributed by atoms with Crippen LogP contribution in [-0.2, 0) is 6.42 Å². The largest absolute Gasteiger partial charge is 0.497 e. The van der Waals surface area contributed by atoms with Gasteiger partial charge in [-0.3, -0.25) is 0 Å². The van der Waals surface area contributed by atoms with Crippen LogP contribution in [0.5, 0.6) is 5.75 Å². The highest BCUT2D eigenvalue weighted by Crippen LogP contribution is 2.38. The number of rotatable bonds is 4. The summed E-state index contributed by atoms with van der Waals surface area (Å²) in [6, 6.07) is 6.35. The highest BCUT2D eigenvalue weighted by molar-refractivity contribution is 5.36. The number of methoxy groups -OCH3 is 1. The van der Waals surface area contributed by atoms with Crippen LogP contribution in [0.15, 0.2) is 18.2 Å². The van der Waals surface area contributed by atoms with Crippen LogP contribution < -0.4 is 10.1 Å². The summed E-state index contributed by atoms with van der Waals surface area (Å²) in [5, 5.41) is 3.43. The molecule has 0 heterocycles. The second-order valence-corrected chi connectivity index (χ2v) is 4.50. The number of hydrogen-bond donors (Lipinski definition) is 1. The molecule has 1 saturated carbocycles. The van der Waals surface area contributed by atoms with E-state index in [1.807, 2.05) is 6.07 Å². The zero-order valence-electron chi connectivity index (χ0n) is 9.76. The van der Waals surface area contributed by atoms with Gasteiger partial charge in [-0.15, -0.1) is 0 Å². The summed E-state index contributed by atoms with van der Waals surface area (Å²) in [5.41, 5.74) is 3.15. The Morgan fingerprint density at radius 2 is 2.13 bits per heavy atom. The van der Waals surface area contributed by atoms with E-state index in [1.54, 1.807) is 7.11 Å². The molecule has 1 N–H and O–H groups in total. The monoisotopic (exact) mass is 205 g/mol. The molecular formula is C13H19NO. The molecule has 2 nitrogen and oxygen atoms in total. The molecule has 0 unspecified atom stereocenters. The quantitative estimate of drug-likeness (QED) is 0.814. The van der Waals surface area contributed by atoms with E-state index in [0.29, 0.717) is 5.54 Å². The Kier molecular flexibility index (Phi) is 2.70.